The molecule has 0 radical (unpaired) electrons. The van der Waals surface area contributed by atoms with Crippen LogP contribution in [0.5, 0.6) is 11.5 Å². The number of amides is 1. The maximum absolute atomic E-state index is 13.6. The first kappa shape index (κ1) is 28.4. The Balaban J connectivity index is 2.04. The lowest BCUT2D eigenvalue weighted by atomic mass is 10.0. The smallest absolute Gasteiger partial charge is 0.343 e. The first-order valence-corrected chi connectivity index (χ1v) is 11.5. The highest BCUT2D eigenvalue weighted by atomic mass is 16.6. The molecule has 2 aromatic rings. The summed E-state index contributed by atoms with van der Waals surface area (Å²) in [6, 6.07) is 6.77. The minimum Gasteiger partial charge on any atom is -0.489 e. The summed E-state index contributed by atoms with van der Waals surface area (Å²) in [5.74, 6) is -6.41. The zero-order chi connectivity index (χ0) is 28.7. The predicted octanol–water partition coefficient (Wildman–Crippen LogP) is 0.679. The Kier molecular flexibility index (Phi) is 9.04. The summed E-state index contributed by atoms with van der Waals surface area (Å²) in [4.78, 5) is 66.4. The number of para-hydroxylation sites is 1. The standard InChI is InChI=1S/C25H26N4O10/c1-37-20(32)12-29(17(23(34)35)11-19(30)31)22(33)16-5-2-6-18-21(16)38-9-3-4-13-10-14(28-25(26)27)7-8-15(13)24(36)39-18/h2,5-8,10,17H,3-4,9,11-12H2,1H3,(H,30,31)(H,34,35)(H4,26,27,28)/t17-/m0/s1. The summed E-state index contributed by atoms with van der Waals surface area (Å²) in [6.07, 6.45) is -0.240. The van der Waals surface area contributed by atoms with Gasteiger partial charge in [-0.15, -0.1) is 0 Å². The van der Waals surface area contributed by atoms with Crippen LogP contribution in [0.15, 0.2) is 41.4 Å². The number of ether oxygens (including phenoxy) is 3. The SMILES string of the molecule is COC(=O)CN(C(=O)c1cccc2c1OCCCc1cc(N=C(N)N)ccc1C(=O)O2)[C@@H](CC(=O)O)C(=O)O. The Labute approximate surface area is 221 Å². The number of hydrogen-bond donors (Lipinski definition) is 4. The number of carbonyl (C=O) groups excluding carboxylic acids is 3. The molecule has 1 aliphatic heterocycles. The lowest BCUT2D eigenvalue weighted by Crippen LogP contribution is -2.49. The van der Waals surface area contributed by atoms with Crippen LogP contribution in [0.3, 0.4) is 0 Å². The molecule has 14 heteroatoms. The van der Waals surface area contributed by atoms with Gasteiger partial charge in [-0.25, -0.2) is 14.6 Å². The normalized spacial score (nSPS) is 13.3. The number of carboxylic acids is 2. The van der Waals surface area contributed by atoms with Crippen molar-refractivity contribution in [3.8, 4) is 11.5 Å². The highest BCUT2D eigenvalue weighted by molar-refractivity contribution is 6.02. The highest BCUT2D eigenvalue weighted by Gasteiger charge is 2.36. The van der Waals surface area contributed by atoms with Crippen LogP contribution in [0, 0.1) is 0 Å². The van der Waals surface area contributed by atoms with Crippen molar-refractivity contribution in [1.29, 1.82) is 0 Å². The van der Waals surface area contributed by atoms with E-state index >= 15 is 0 Å². The van der Waals surface area contributed by atoms with Crippen molar-refractivity contribution < 1.29 is 48.4 Å². The Hall–Kier alpha value is -5.14. The van der Waals surface area contributed by atoms with Crippen molar-refractivity contribution in [1.82, 2.24) is 4.90 Å². The van der Waals surface area contributed by atoms with E-state index < -0.39 is 48.8 Å². The van der Waals surface area contributed by atoms with Gasteiger partial charge in [0.2, 0.25) is 0 Å². The number of rotatable bonds is 8. The molecule has 1 atom stereocenters. The fourth-order valence-electron chi connectivity index (χ4n) is 3.89. The molecule has 6 N–H and O–H groups in total. The third-order valence-corrected chi connectivity index (χ3v) is 5.63. The molecule has 0 saturated carbocycles. The first-order chi connectivity index (χ1) is 18.5. The summed E-state index contributed by atoms with van der Waals surface area (Å²) >= 11 is 0. The van der Waals surface area contributed by atoms with E-state index in [9.17, 15) is 34.2 Å². The van der Waals surface area contributed by atoms with Crippen molar-refractivity contribution in [2.24, 2.45) is 16.5 Å². The molecule has 1 heterocycles. The van der Waals surface area contributed by atoms with Crippen molar-refractivity contribution in [3.05, 3.63) is 53.1 Å². The molecule has 2 aromatic carbocycles. The lowest BCUT2D eigenvalue weighted by molar-refractivity contribution is -0.151. The molecule has 0 bridgehead atoms. The summed E-state index contributed by atoms with van der Waals surface area (Å²) in [5.41, 5.74) is 11.9. The van der Waals surface area contributed by atoms with Gasteiger partial charge in [0, 0.05) is 0 Å². The summed E-state index contributed by atoms with van der Waals surface area (Å²) in [5, 5.41) is 18.8. The Morgan fingerprint density at radius 3 is 2.54 bits per heavy atom. The first-order valence-electron chi connectivity index (χ1n) is 11.5. The van der Waals surface area contributed by atoms with Gasteiger partial charge in [0.05, 0.1) is 37.0 Å². The number of fused-ring (bicyclic) bond motifs is 2. The molecule has 3 rings (SSSR count). The summed E-state index contributed by atoms with van der Waals surface area (Å²) in [6.45, 7) is -0.802. The minimum atomic E-state index is -1.90. The molecule has 206 valence electrons. The van der Waals surface area contributed by atoms with E-state index in [1.807, 2.05) is 0 Å². The minimum absolute atomic E-state index is 0.0509. The Morgan fingerprint density at radius 2 is 1.90 bits per heavy atom. The van der Waals surface area contributed by atoms with Gasteiger partial charge in [0.15, 0.2) is 17.5 Å². The molecule has 0 saturated heterocycles. The van der Waals surface area contributed by atoms with Gasteiger partial charge in [-0.3, -0.25) is 14.4 Å². The molecule has 0 fully saturated rings. The van der Waals surface area contributed by atoms with Crippen molar-refractivity contribution in [2.75, 3.05) is 20.3 Å². The third kappa shape index (κ3) is 7.00. The van der Waals surface area contributed by atoms with Crippen LogP contribution in [0.25, 0.3) is 0 Å². The van der Waals surface area contributed by atoms with Gasteiger partial charge < -0.3 is 40.8 Å². The molecule has 0 aromatic heterocycles. The number of methoxy groups -OCH3 is 1. The monoisotopic (exact) mass is 542 g/mol. The molecule has 39 heavy (non-hydrogen) atoms. The average molecular weight is 543 g/mol. The van der Waals surface area contributed by atoms with Gasteiger partial charge in [-0.05, 0) is 48.7 Å². The maximum Gasteiger partial charge on any atom is 0.343 e. The summed E-state index contributed by atoms with van der Waals surface area (Å²) in [7, 11) is 1.03. The second-order valence-electron chi connectivity index (χ2n) is 8.31. The molecule has 1 amide bonds. The van der Waals surface area contributed by atoms with E-state index in [1.165, 1.54) is 30.3 Å². The van der Waals surface area contributed by atoms with Gasteiger partial charge in [0.1, 0.15) is 12.6 Å². The Bertz CT molecular complexity index is 1340. The number of aliphatic carboxylic acids is 2. The van der Waals surface area contributed by atoms with Crippen molar-refractivity contribution in [2.45, 2.75) is 25.3 Å². The Morgan fingerprint density at radius 1 is 1.15 bits per heavy atom. The fourth-order valence-corrected chi connectivity index (χ4v) is 3.89. The van der Waals surface area contributed by atoms with Gasteiger partial charge in [-0.1, -0.05) is 6.07 Å². The topological polar surface area (TPSA) is 221 Å². The number of esters is 2. The van der Waals surface area contributed by atoms with Gasteiger partial charge in [-0.2, -0.15) is 0 Å². The zero-order valence-corrected chi connectivity index (χ0v) is 20.8. The zero-order valence-electron chi connectivity index (χ0n) is 20.8. The van der Waals surface area contributed by atoms with E-state index in [2.05, 4.69) is 9.73 Å². The number of aliphatic imine (C=N–C) groups is 1. The van der Waals surface area contributed by atoms with Crippen LogP contribution in [0.2, 0.25) is 0 Å². The molecule has 1 aliphatic rings. The molecule has 0 unspecified atom stereocenters. The van der Waals surface area contributed by atoms with E-state index in [-0.39, 0.29) is 35.2 Å². The van der Waals surface area contributed by atoms with Crippen LogP contribution in [-0.2, 0) is 25.5 Å². The molecular formula is C25H26N4O10. The van der Waals surface area contributed by atoms with Gasteiger partial charge in [0.25, 0.3) is 5.91 Å². The molecule has 14 nitrogen and oxygen atoms in total. The number of benzene rings is 2. The molecular weight excluding hydrogens is 516 g/mol. The highest BCUT2D eigenvalue weighted by Crippen LogP contribution is 2.35. The van der Waals surface area contributed by atoms with Crippen LogP contribution in [0.1, 0.15) is 39.1 Å². The van der Waals surface area contributed by atoms with Crippen LogP contribution >= 0.6 is 0 Å². The van der Waals surface area contributed by atoms with E-state index in [0.717, 1.165) is 7.11 Å². The number of guanidine groups is 1. The molecule has 0 aliphatic carbocycles. The van der Waals surface area contributed by atoms with Crippen LogP contribution in [-0.4, -0.2) is 77.2 Å². The second kappa shape index (κ2) is 12.4. The quantitative estimate of drug-likeness (QED) is 0.156. The number of nitrogens with two attached hydrogens (primary N) is 2. The summed E-state index contributed by atoms with van der Waals surface area (Å²) < 4.78 is 15.9. The maximum atomic E-state index is 13.6. The number of carbonyl (C=O) groups is 5. The van der Waals surface area contributed by atoms with Crippen LogP contribution in [0.4, 0.5) is 5.69 Å². The van der Waals surface area contributed by atoms with Gasteiger partial charge >= 0.3 is 23.9 Å². The fraction of sp³-hybridized carbons (Fsp3) is 0.280. The van der Waals surface area contributed by atoms with Crippen molar-refractivity contribution in [3.63, 3.8) is 0 Å². The average Bonchev–Trinajstić information content (AvgIpc) is 2.87. The molecule has 0 spiro atoms. The van der Waals surface area contributed by atoms with E-state index in [4.69, 9.17) is 20.9 Å². The van der Waals surface area contributed by atoms with Crippen molar-refractivity contribution >= 4 is 41.4 Å². The second-order valence-corrected chi connectivity index (χ2v) is 8.31. The largest absolute Gasteiger partial charge is 0.489 e. The number of aryl methyl sites for hydroxylation is 1. The number of nitrogens with zero attached hydrogens (tertiary/aromatic N) is 2. The van der Waals surface area contributed by atoms with E-state index in [0.29, 0.717) is 29.0 Å². The predicted molar refractivity (Wildman–Crippen MR) is 134 cm³/mol. The lowest BCUT2D eigenvalue weighted by Gasteiger charge is -2.28. The van der Waals surface area contributed by atoms with E-state index in [1.54, 1.807) is 6.07 Å². The van der Waals surface area contributed by atoms with Crippen LogP contribution < -0.4 is 20.9 Å². The number of hydrogen-bond acceptors (Lipinski definition) is 9. The number of carboxylic acid groups (broad SMARTS) is 2. The third-order valence-electron chi connectivity index (χ3n) is 5.63.